The highest BCUT2D eigenvalue weighted by atomic mass is 16.5. The van der Waals surface area contributed by atoms with Crippen molar-refractivity contribution in [3.63, 3.8) is 0 Å². The molecule has 0 fully saturated rings. The van der Waals surface area contributed by atoms with Crippen molar-refractivity contribution in [2.75, 3.05) is 19.8 Å². The molecule has 0 amide bonds. The quantitative estimate of drug-likeness (QED) is 0.672. The molecule has 2 aromatic rings. The van der Waals surface area contributed by atoms with E-state index in [-0.39, 0.29) is 0 Å². The lowest BCUT2D eigenvalue weighted by Crippen LogP contribution is -2.05. The molecule has 3 rings (SSSR count). The predicted molar refractivity (Wildman–Crippen MR) is 95.0 cm³/mol. The van der Waals surface area contributed by atoms with E-state index in [4.69, 9.17) is 13.9 Å². The van der Waals surface area contributed by atoms with Gasteiger partial charge >= 0.3 is 0 Å². The Morgan fingerprint density at radius 2 is 1.96 bits per heavy atom. The highest BCUT2D eigenvalue weighted by Gasteiger charge is 2.14. The Hall–Kier alpha value is -2.23. The van der Waals surface area contributed by atoms with Crippen molar-refractivity contribution in [3.8, 4) is 5.75 Å². The smallest absolute Gasteiger partial charge is 0.216 e. The standard InChI is InChI=1S/C20H25NO3/c1-15-13-17(20-21-9-12-24-20)14-16(2)19(15)23-10-5-3-4-7-18-8-6-11-22-18/h6,8,11,13-14H,3-5,7,9-10,12H2,1-2H3. The molecule has 0 spiro atoms. The molecule has 0 radical (unpaired) electrons. The highest BCUT2D eigenvalue weighted by molar-refractivity contribution is 5.95. The molecule has 2 heterocycles. The summed E-state index contributed by atoms with van der Waals surface area (Å²) in [6, 6.07) is 8.17. The van der Waals surface area contributed by atoms with Gasteiger partial charge in [-0.05, 0) is 68.5 Å². The first-order valence-electron chi connectivity index (χ1n) is 8.68. The van der Waals surface area contributed by atoms with Crippen LogP contribution in [-0.4, -0.2) is 25.7 Å². The molecule has 1 aliphatic rings. The second kappa shape index (κ2) is 8.04. The van der Waals surface area contributed by atoms with Gasteiger partial charge in [0.05, 0.1) is 19.4 Å². The molecule has 0 atom stereocenters. The molecule has 1 aromatic heterocycles. The van der Waals surface area contributed by atoms with Gasteiger partial charge in [0.2, 0.25) is 5.90 Å². The zero-order valence-electron chi connectivity index (χ0n) is 14.5. The van der Waals surface area contributed by atoms with Crippen LogP contribution in [0.15, 0.2) is 39.9 Å². The van der Waals surface area contributed by atoms with Crippen LogP contribution in [-0.2, 0) is 11.2 Å². The molecule has 24 heavy (non-hydrogen) atoms. The summed E-state index contributed by atoms with van der Waals surface area (Å²) in [5.41, 5.74) is 3.32. The molecule has 4 nitrogen and oxygen atoms in total. The fourth-order valence-corrected chi connectivity index (χ4v) is 3.02. The molecular weight excluding hydrogens is 302 g/mol. The zero-order chi connectivity index (χ0) is 16.8. The molecule has 0 unspecified atom stereocenters. The van der Waals surface area contributed by atoms with Crippen LogP contribution in [0.1, 0.15) is 41.7 Å². The average molecular weight is 327 g/mol. The van der Waals surface area contributed by atoms with Gasteiger partial charge in [0.25, 0.3) is 0 Å². The van der Waals surface area contributed by atoms with Crippen molar-refractivity contribution >= 4 is 5.90 Å². The first-order chi connectivity index (χ1) is 11.7. The van der Waals surface area contributed by atoms with Gasteiger partial charge in [-0.3, -0.25) is 0 Å². The van der Waals surface area contributed by atoms with Crippen molar-refractivity contribution in [2.45, 2.75) is 39.5 Å². The number of aliphatic imine (C=N–C) groups is 1. The fraction of sp³-hybridized carbons (Fsp3) is 0.450. The molecule has 1 aliphatic heterocycles. The van der Waals surface area contributed by atoms with Gasteiger partial charge in [-0.25, -0.2) is 4.99 Å². The van der Waals surface area contributed by atoms with Crippen LogP contribution in [0.3, 0.4) is 0 Å². The van der Waals surface area contributed by atoms with Crippen molar-refractivity contribution in [3.05, 3.63) is 53.0 Å². The largest absolute Gasteiger partial charge is 0.493 e. The minimum absolute atomic E-state index is 0.684. The van der Waals surface area contributed by atoms with Gasteiger partial charge in [-0.1, -0.05) is 0 Å². The molecule has 0 aliphatic carbocycles. The Labute approximate surface area is 143 Å². The monoisotopic (exact) mass is 327 g/mol. The van der Waals surface area contributed by atoms with Crippen molar-refractivity contribution in [2.24, 2.45) is 4.99 Å². The lowest BCUT2D eigenvalue weighted by molar-refractivity contribution is 0.300. The summed E-state index contributed by atoms with van der Waals surface area (Å²) in [7, 11) is 0. The third-order valence-electron chi connectivity index (χ3n) is 4.19. The molecule has 0 N–H and O–H groups in total. The summed E-state index contributed by atoms with van der Waals surface area (Å²) in [4.78, 5) is 4.38. The summed E-state index contributed by atoms with van der Waals surface area (Å²) < 4.78 is 16.9. The molecule has 128 valence electrons. The van der Waals surface area contributed by atoms with E-state index in [1.165, 1.54) is 0 Å². The SMILES string of the molecule is Cc1cc(C2=NCCO2)cc(C)c1OCCCCCc1ccco1. The van der Waals surface area contributed by atoms with Gasteiger partial charge in [0.15, 0.2) is 0 Å². The van der Waals surface area contributed by atoms with Crippen molar-refractivity contribution in [1.29, 1.82) is 0 Å². The number of rotatable bonds is 8. The number of hydrogen-bond donors (Lipinski definition) is 0. The zero-order valence-corrected chi connectivity index (χ0v) is 14.5. The van der Waals surface area contributed by atoms with Gasteiger partial charge in [0, 0.05) is 12.0 Å². The molecule has 1 aromatic carbocycles. The molecule has 0 bridgehead atoms. The number of benzene rings is 1. The van der Waals surface area contributed by atoms with E-state index in [2.05, 4.69) is 31.0 Å². The number of hydrogen-bond acceptors (Lipinski definition) is 4. The number of nitrogens with zero attached hydrogens (tertiary/aromatic N) is 1. The second-order valence-corrected chi connectivity index (χ2v) is 6.21. The maximum Gasteiger partial charge on any atom is 0.216 e. The third kappa shape index (κ3) is 4.19. The normalized spacial score (nSPS) is 13.7. The maximum absolute atomic E-state index is 6.02. The number of unbranched alkanes of at least 4 members (excludes halogenated alkanes) is 2. The lowest BCUT2D eigenvalue weighted by atomic mass is 10.1. The maximum atomic E-state index is 6.02. The van der Waals surface area contributed by atoms with Crippen LogP contribution >= 0.6 is 0 Å². The van der Waals surface area contributed by atoms with Crippen molar-refractivity contribution < 1.29 is 13.9 Å². The van der Waals surface area contributed by atoms with Gasteiger partial charge in [0.1, 0.15) is 18.1 Å². The van der Waals surface area contributed by atoms with E-state index < -0.39 is 0 Å². The Kier molecular flexibility index (Phi) is 5.57. The van der Waals surface area contributed by atoms with E-state index >= 15 is 0 Å². The minimum Gasteiger partial charge on any atom is -0.493 e. The predicted octanol–water partition coefficient (Wildman–Crippen LogP) is 4.47. The number of furan rings is 1. The summed E-state index contributed by atoms with van der Waals surface area (Å²) in [6.07, 6.45) is 6.06. The van der Waals surface area contributed by atoms with E-state index in [0.29, 0.717) is 6.61 Å². The van der Waals surface area contributed by atoms with E-state index in [1.54, 1.807) is 6.26 Å². The second-order valence-electron chi connectivity index (χ2n) is 6.21. The fourth-order valence-electron chi connectivity index (χ4n) is 3.02. The van der Waals surface area contributed by atoms with Crippen LogP contribution in [0.25, 0.3) is 0 Å². The van der Waals surface area contributed by atoms with Crippen LogP contribution in [0.4, 0.5) is 0 Å². The Morgan fingerprint density at radius 3 is 2.62 bits per heavy atom. The highest BCUT2D eigenvalue weighted by Crippen LogP contribution is 2.26. The molecule has 0 saturated heterocycles. The van der Waals surface area contributed by atoms with Crippen LogP contribution in [0.5, 0.6) is 5.75 Å². The van der Waals surface area contributed by atoms with Gasteiger partial charge in [-0.2, -0.15) is 0 Å². The van der Waals surface area contributed by atoms with Gasteiger partial charge < -0.3 is 13.9 Å². The van der Waals surface area contributed by atoms with E-state index in [1.807, 2.05) is 12.1 Å². The molecule has 0 saturated carbocycles. The average Bonchev–Trinajstić information content (AvgIpc) is 3.26. The van der Waals surface area contributed by atoms with E-state index in [0.717, 1.165) is 72.9 Å². The lowest BCUT2D eigenvalue weighted by Gasteiger charge is -2.14. The van der Waals surface area contributed by atoms with Crippen LogP contribution < -0.4 is 4.74 Å². The Bertz CT molecular complexity index is 666. The molecular formula is C20H25NO3. The summed E-state index contributed by atoms with van der Waals surface area (Å²) in [6.45, 7) is 6.35. The van der Waals surface area contributed by atoms with Crippen LogP contribution in [0, 0.1) is 13.8 Å². The summed E-state index contributed by atoms with van der Waals surface area (Å²) in [5, 5.41) is 0. The topological polar surface area (TPSA) is 44.0 Å². The summed E-state index contributed by atoms with van der Waals surface area (Å²) in [5.74, 6) is 2.81. The Balaban J connectivity index is 1.46. The van der Waals surface area contributed by atoms with Crippen LogP contribution in [0.2, 0.25) is 0 Å². The number of aryl methyl sites for hydroxylation is 3. The van der Waals surface area contributed by atoms with E-state index in [9.17, 15) is 0 Å². The number of ether oxygens (including phenoxy) is 2. The molecule has 4 heteroatoms. The first kappa shape index (κ1) is 16.6. The Morgan fingerprint density at radius 1 is 1.12 bits per heavy atom. The summed E-state index contributed by atoms with van der Waals surface area (Å²) >= 11 is 0. The van der Waals surface area contributed by atoms with Gasteiger partial charge in [-0.15, -0.1) is 0 Å². The first-order valence-corrected chi connectivity index (χ1v) is 8.68. The van der Waals surface area contributed by atoms with Crippen molar-refractivity contribution in [1.82, 2.24) is 0 Å². The minimum atomic E-state index is 0.684. The third-order valence-corrected chi connectivity index (χ3v) is 4.19.